The quantitative estimate of drug-likeness (QED) is 0.533. The first kappa shape index (κ1) is 20.9. The Balaban J connectivity index is 2.21. The van der Waals surface area contributed by atoms with Crippen LogP contribution in [0.1, 0.15) is 55.1 Å². The molecule has 0 fully saturated rings. The average molecular weight is 391 g/mol. The number of benzene rings is 2. The second-order valence-electron chi connectivity index (χ2n) is 6.40. The van der Waals surface area contributed by atoms with E-state index in [0.29, 0.717) is 12.2 Å². The van der Waals surface area contributed by atoms with Gasteiger partial charge in [-0.25, -0.2) is 17.9 Å². The number of aromatic carboxylic acids is 1. The highest BCUT2D eigenvalue weighted by Crippen LogP contribution is 2.23. The standard InChI is InChI=1S/C20H26N2O4S/c1-3-4-8-13-21-19-12-11-17(14-18(19)20(23)24)27(25,26)22-15(2)16-9-6-5-7-10-16/h5-7,9-12,14-15,21-22H,3-4,8,13H2,1-2H3,(H,23,24)/t15-/m0/s1. The fourth-order valence-electron chi connectivity index (χ4n) is 2.73. The molecule has 0 spiro atoms. The monoisotopic (exact) mass is 390 g/mol. The number of unbranched alkanes of at least 4 members (excludes halogenated alkanes) is 2. The molecule has 0 radical (unpaired) electrons. The number of hydrogen-bond acceptors (Lipinski definition) is 4. The van der Waals surface area contributed by atoms with Crippen molar-refractivity contribution in [3.63, 3.8) is 0 Å². The van der Waals surface area contributed by atoms with Crippen LogP contribution in [-0.2, 0) is 10.0 Å². The molecule has 0 aliphatic carbocycles. The van der Waals surface area contributed by atoms with Gasteiger partial charge >= 0.3 is 5.97 Å². The Morgan fingerprint density at radius 1 is 1.11 bits per heavy atom. The summed E-state index contributed by atoms with van der Waals surface area (Å²) in [6.45, 7) is 4.48. The minimum atomic E-state index is -3.85. The van der Waals surface area contributed by atoms with Crippen LogP contribution in [0.25, 0.3) is 0 Å². The van der Waals surface area contributed by atoms with Gasteiger partial charge in [0.05, 0.1) is 10.5 Å². The maximum absolute atomic E-state index is 12.7. The second kappa shape index (κ2) is 9.53. The van der Waals surface area contributed by atoms with Crippen molar-refractivity contribution >= 4 is 21.7 Å². The number of carboxylic acid groups (broad SMARTS) is 1. The van der Waals surface area contributed by atoms with Crippen molar-refractivity contribution in [2.75, 3.05) is 11.9 Å². The minimum absolute atomic E-state index is 0.0539. The fraction of sp³-hybridized carbons (Fsp3) is 0.350. The Bertz CT molecular complexity index is 867. The summed E-state index contributed by atoms with van der Waals surface area (Å²) in [6, 6.07) is 12.9. The number of anilines is 1. The molecule has 0 aliphatic rings. The summed E-state index contributed by atoms with van der Waals surface area (Å²) < 4.78 is 27.9. The Morgan fingerprint density at radius 3 is 2.44 bits per heavy atom. The third-order valence-corrected chi connectivity index (χ3v) is 5.80. The van der Waals surface area contributed by atoms with Crippen molar-refractivity contribution in [3.8, 4) is 0 Å². The van der Waals surface area contributed by atoms with Crippen LogP contribution >= 0.6 is 0 Å². The molecule has 0 bridgehead atoms. The third-order valence-electron chi connectivity index (χ3n) is 4.26. The molecule has 0 unspecified atom stereocenters. The van der Waals surface area contributed by atoms with Crippen LogP contribution in [-0.4, -0.2) is 26.0 Å². The predicted octanol–water partition coefficient (Wildman–Crippen LogP) is 4.03. The van der Waals surface area contributed by atoms with Gasteiger partial charge in [0, 0.05) is 18.3 Å². The van der Waals surface area contributed by atoms with E-state index in [1.54, 1.807) is 6.92 Å². The summed E-state index contributed by atoms with van der Waals surface area (Å²) >= 11 is 0. The molecule has 2 aromatic rings. The zero-order valence-electron chi connectivity index (χ0n) is 15.6. The molecular weight excluding hydrogens is 364 g/mol. The van der Waals surface area contributed by atoms with Crippen LogP contribution in [0.2, 0.25) is 0 Å². The van der Waals surface area contributed by atoms with Gasteiger partial charge in [-0.2, -0.15) is 0 Å². The molecule has 0 amide bonds. The van der Waals surface area contributed by atoms with Crippen LogP contribution in [0.5, 0.6) is 0 Å². The summed E-state index contributed by atoms with van der Waals surface area (Å²) in [4.78, 5) is 11.5. The van der Waals surface area contributed by atoms with Crippen LogP contribution in [0.15, 0.2) is 53.4 Å². The zero-order valence-corrected chi connectivity index (χ0v) is 16.4. The minimum Gasteiger partial charge on any atom is -0.478 e. The highest BCUT2D eigenvalue weighted by molar-refractivity contribution is 7.89. The van der Waals surface area contributed by atoms with Crippen LogP contribution in [0, 0.1) is 0 Å². The first-order chi connectivity index (χ1) is 12.8. The first-order valence-electron chi connectivity index (χ1n) is 9.03. The Morgan fingerprint density at radius 2 is 1.81 bits per heavy atom. The molecule has 7 heteroatoms. The number of carbonyl (C=O) groups is 1. The highest BCUT2D eigenvalue weighted by atomic mass is 32.2. The maximum atomic E-state index is 12.7. The van der Waals surface area contributed by atoms with E-state index in [-0.39, 0.29) is 10.5 Å². The molecular formula is C20H26N2O4S. The lowest BCUT2D eigenvalue weighted by molar-refractivity contribution is 0.0697. The Labute approximate surface area is 160 Å². The maximum Gasteiger partial charge on any atom is 0.337 e. The molecule has 0 saturated heterocycles. The molecule has 146 valence electrons. The van der Waals surface area contributed by atoms with Crippen molar-refractivity contribution in [1.29, 1.82) is 0 Å². The van der Waals surface area contributed by atoms with Crippen LogP contribution < -0.4 is 10.0 Å². The lowest BCUT2D eigenvalue weighted by Gasteiger charge is -2.16. The largest absolute Gasteiger partial charge is 0.478 e. The van der Waals surface area contributed by atoms with Gasteiger partial charge in [-0.1, -0.05) is 50.1 Å². The molecule has 6 nitrogen and oxygen atoms in total. The predicted molar refractivity (Wildman–Crippen MR) is 107 cm³/mol. The van der Waals surface area contributed by atoms with Gasteiger partial charge in [0.25, 0.3) is 0 Å². The molecule has 0 aromatic heterocycles. The Kier molecular flexibility index (Phi) is 7.38. The zero-order chi connectivity index (χ0) is 19.9. The number of carboxylic acids is 1. The summed E-state index contributed by atoms with van der Waals surface area (Å²) in [5.41, 5.74) is 1.20. The van der Waals surface area contributed by atoms with E-state index in [4.69, 9.17) is 0 Å². The third kappa shape index (κ3) is 5.80. The summed E-state index contributed by atoms with van der Waals surface area (Å²) in [6.07, 6.45) is 3.03. The van der Waals surface area contributed by atoms with Gasteiger partial charge in [-0.3, -0.25) is 0 Å². The highest BCUT2D eigenvalue weighted by Gasteiger charge is 2.21. The van der Waals surface area contributed by atoms with Gasteiger partial charge in [0.1, 0.15) is 0 Å². The van der Waals surface area contributed by atoms with Crippen molar-refractivity contribution in [2.24, 2.45) is 0 Å². The van der Waals surface area contributed by atoms with Gasteiger partial charge in [-0.15, -0.1) is 0 Å². The smallest absolute Gasteiger partial charge is 0.337 e. The summed E-state index contributed by atoms with van der Waals surface area (Å²) in [5.74, 6) is -1.17. The van der Waals surface area contributed by atoms with E-state index < -0.39 is 22.0 Å². The molecule has 0 saturated carbocycles. The van der Waals surface area contributed by atoms with Crippen LogP contribution in [0.4, 0.5) is 5.69 Å². The van der Waals surface area contributed by atoms with E-state index in [0.717, 1.165) is 24.8 Å². The topological polar surface area (TPSA) is 95.5 Å². The SMILES string of the molecule is CCCCCNc1ccc(S(=O)(=O)N[C@@H](C)c2ccccc2)cc1C(=O)O. The van der Waals surface area contributed by atoms with E-state index in [1.807, 2.05) is 30.3 Å². The van der Waals surface area contributed by atoms with Gasteiger partial charge in [0.15, 0.2) is 0 Å². The summed E-state index contributed by atoms with van der Waals surface area (Å²) in [7, 11) is -3.85. The second-order valence-corrected chi connectivity index (χ2v) is 8.11. The van der Waals surface area contributed by atoms with Crippen molar-refractivity contribution in [2.45, 2.75) is 44.0 Å². The van der Waals surface area contributed by atoms with Crippen molar-refractivity contribution < 1.29 is 18.3 Å². The van der Waals surface area contributed by atoms with E-state index in [9.17, 15) is 18.3 Å². The van der Waals surface area contributed by atoms with Gasteiger partial charge in [-0.05, 0) is 37.1 Å². The van der Waals surface area contributed by atoms with Gasteiger partial charge < -0.3 is 10.4 Å². The number of rotatable bonds is 10. The van der Waals surface area contributed by atoms with Crippen molar-refractivity contribution in [1.82, 2.24) is 4.72 Å². The lowest BCUT2D eigenvalue weighted by Crippen LogP contribution is -2.27. The molecule has 2 aromatic carbocycles. The van der Waals surface area contributed by atoms with Crippen LogP contribution in [0.3, 0.4) is 0 Å². The molecule has 3 N–H and O–H groups in total. The summed E-state index contributed by atoms with van der Waals surface area (Å²) in [5, 5.41) is 12.5. The van der Waals surface area contributed by atoms with Gasteiger partial charge in [0.2, 0.25) is 10.0 Å². The molecule has 0 aliphatic heterocycles. The first-order valence-corrected chi connectivity index (χ1v) is 10.5. The molecule has 0 heterocycles. The lowest BCUT2D eigenvalue weighted by atomic mass is 10.1. The fourth-order valence-corrected chi connectivity index (χ4v) is 3.99. The number of sulfonamides is 1. The molecule has 2 rings (SSSR count). The number of nitrogens with one attached hydrogen (secondary N) is 2. The van der Waals surface area contributed by atoms with E-state index in [2.05, 4.69) is 17.0 Å². The number of hydrogen-bond donors (Lipinski definition) is 3. The van der Waals surface area contributed by atoms with Crippen molar-refractivity contribution in [3.05, 3.63) is 59.7 Å². The normalized spacial score (nSPS) is 12.5. The molecule has 27 heavy (non-hydrogen) atoms. The van der Waals surface area contributed by atoms with E-state index >= 15 is 0 Å². The average Bonchev–Trinajstić information content (AvgIpc) is 2.65. The molecule has 1 atom stereocenters. The van der Waals surface area contributed by atoms with E-state index in [1.165, 1.54) is 18.2 Å². The Hall–Kier alpha value is -2.38.